The summed E-state index contributed by atoms with van der Waals surface area (Å²) in [6, 6.07) is 3.60. The van der Waals surface area contributed by atoms with Crippen molar-refractivity contribution in [1.82, 2.24) is 9.88 Å². The van der Waals surface area contributed by atoms with E-state index in [1.807, 2.05) is 13.0 Å². The fourth-order valence-corrected chi connectivity index (χ4v) is 4.07. The van der Waals surface area contributed by atoms with Crippen LogP contribution in [0.4, 0.5) is 5.82 Å². The average molecular weight is 297 g/mol. The van der Waals surface area contributed by atoms with Gasteiger partial charge in [-0.15, -0.1) is 0 Å². The van der Waals surface area contributed by atoms with E-state index in [-0.39, 0.29) is 30.0 Å². The standard InChI is InChI=1S/C13H19N3O3S/c1-10-4-3-6-14-13(10)15-12(17)8-16(2)11-5-7-20(18,19)9-11/h3-4,6,11H,5,7-9H2,1-2H3,(H,14,15,17)/t11-/m0/s1. The number of aryl methyl sites for hydroxylation is 1. The number of likely N-dealkylation sites (N-methyl/N-ethyl adjacent to an activating group) is 1. The Hall–Kier alpha value is -1.47. The molecule has 1 aromatic rings. The maximum atomic E-state index is 12.0. The molecule has 1 atom stereocenters. The van der Waals surface area contributed by atoms with Crippen molar-refractivity contribution in [1.29, 1.82) is 0 Å². The fourth-order valence-electron chi connectivity index (χ4n) is 2.27. The van der Waals surface area contributed by atoms with Crippen LogP contribution in [-0.4, -0.2) is 55.3 Å². The highest BCUT2D eigenvalue weighted by atomic mass is 32.2. The number of carbonyl (C=O) groups is 1. The number of nitrogens with one attached hydrogen (secondary N) is 1. The second kappa shape index (κ2) is 5.88. The first-order valence-electron chi connectivity index (χ1n) is 6.49. The van der Waals surface area contributed by atoms with Crippen molar-refractivity contribution in [2.75, 3.05) is 30.4 Å². The molecule has 2 rings (SSSR count). The summed E-state index contributed by atoms with van der Waals surface area (Å²) in [5.41, 5.74) is 0.895. The Morgan fingerprint density at radius 3 is 2.90 bits per heavy atom. The minimum absolute atomic E-state index is 0.0735. The van der Waals surface area contributed by atoms with Crippen molar-refractivity contribution in [3.8, 4) is 0 Å². The van der Waals surface area contributed by atoms with Gasteiger partial charge in [0.15, 0.2) is 9.84 Å². The first kappa shape index (κ1) is 14.9. The molecule has 1 aliphatic heterocycles. The quantitative estimate of drug-likeness (QED) is 0.873. The number of hydrogen-bond acceptors (Lipinski definition) is 5. The normalized spacial score (nSPS) is 21.1. The van der Waals surface area contributed by atoms with Crippen LogP contribution < -0.4 is 5.32 Å². The van der Waals surface area contributed by atoms with Crippen LogP contribution in [0, 0.1) is 6.92 Å². The van der Waals surface area contributed by atoms with Gasteiger partial charge in [0.1, 0.15) is 5.82 Å². The molecule has 1 N–H and O–H groups in total. The molecule has 2 heterocycles. The predicted molar refractivity (Wildman–Crippen MR) is 77.3 cm³/mol. The van der Waals surface area contributed by atoms with Gasteiger partial charge in [0.2, 0.25) is 5.91 Å². The molecule has 1 aliphatic rings. The molecule has 0 aromatic carbocycles. The first-order chi connectivity index (χ1) is 9.37. The van der Waals surface area contributed by atoms with E-state index in [0.29, 0.717) is 12.2 Å². The summed E-state index contributed by atoms with van der Waals surface area (Å²) < 4.78 is 22.9. The predicted octanol–water partition coefficient (Wildman–Crippen LogP) is 0.447. The van der Waals surface area contributed by atoms with Gasteiger partial charge in [-0.25, -0.2) is 13.4 Å². The smallest absolute Gasteiger partial charge is 0.239 e. The molecule has 0 bridgehead atoms. The SMILES string of the molecule is Cc1cccnc1NC(=O)CN(C)[C@H]1CCS(=O)(=O)C1. The van der Waals surface area contributed by atoms with Gasteiger partial charge in [0, 0.05) is 12.2 Å². The molecule has 0 saturated carbocycles. The fraction of sp³-hybridized carbons (Fsp3) is 0.538. The number of sulfone groups is 1. The molecule has 1 aromatic heterocycles. The van der Waals surface area contributed by atoms with Crippen LogP contribution >= 0.6 is 0 Å². The highest BCUT2D eigenvalue weighted by Crippen LogP contribution is 2.16. The Kier molecular flexibility index (Phi) is 4.39. The average Bonchev–Trinajstić information content (AvgIpc) is 2.73. The minimum atomic E-state index is -2.93. The van der Waals surface area contributed by atoms with E-state index in [1.165, 1.54) is 0 Å². The number of rotatable bonds is 4. The topological polar surface area (TPSA) is 79.4 Å². The molecular formula is C13H19N3O3S. The highest BCUT2D eigenvalue weighted by Gasteiger charge is 2.31. The van der Waals surface area contributed by atoms with Crippen molar-refractivity contribution in [2.24, 2.45) is 0 Å². The Balaban J connectivity index is 1.90. The van der Waals surface area contributed by atoms with Gasteiger partial charge >= 0.3 is 0 Å². The lowest BCUT2D eigenvalue weighted by Gasteiger charge is -2.22. The van der Waals surface area contributed by atoms with Crippen LogP contribution in [0.2, 0.25) is 0 Å². The Morgan fingerprint density at radius 2 is 2.30 bits per heavy atom. The highest BCUT2D eigenvalue weighted by molar-refractivity contribution is 7.91. The summed E-state index contributed by atoms with van der Waals surface area (Å²) >= 11 is 0. The molecule has 20 heavy (non-hydrogen) atoms. The monoisotopic (exact) mass is 297 g/mol. The van der Waals surface area contributed by atoms with Gasteiger partial charge in [0.25, 0.3) is 0 Å². The summed E-state index contributed by atoms with van der Waals surface area (Å²) in [5, 5.41) is 2.74. The summed E-state index contributed by atoms with van der Waals surface area (Å²) in [4.78, 5) is 17.8. The van der Waals surface area contributed by atoms with Crippen LogP contribution in [0.1, 0.15) is 12.0 Å². The number of hydrogen-bond donors (Lipinski definition) is 1. The van der Waals surface area contributed by atoms with Crippen LogP contribution in [-0.2, 0) is 14.6 Å². The summed E-state index contributed by atoms with van der Waals surface area (Å²) in [7, 11) is -1.15. The van der Waals surface area contributed by atoms with Gasteiger partial charge < -0.3 is 5.32 Å². The number of carbonyl (C=O) groups excluding carboxylic acids is 1. The van der Waals surface area contributed by atoms with E-state index in [1.54, 1.807) is 24.2 Å². The van der Waals surface area contributed by atoms with E-state index >= 15 is 0 Å². The molecule has 1 amide bonds. The molecule has 7 heteroatoms. The molecule has 110 valence electrons. The van der Waals surface area contributed by atoms with Crippen molar-refractivity contribution < 1.29 is 13.2 Å². The summed E-state index contributed by atoms with van der Waals surface area (Å²) in [6.07, 6.45) is 2.21. The number of pyridine rings is 1. The zero-order valence-corrected chi connectivity index (χ0v) is 12.5. The zero-order chi connectivity index (χ0) is 14.8. The van der Waals surface area contributed by atoms with Crippen LogP contribution in [0.15, 0.2) is 18.3 Å². The minimum Gasteiger partial charge on any atom is -0.309 e. The van der Waals surface area contributed by atoms with Gasteiger partial charge in [-0.05, 0) is 32.0 Å². The Bertz CT molecular complexity index is 601. The van der Waals surface area contributed by atoms with Gasteiger partial charge in [0.05, 0.1) is 18.1 Å². The number of nitrogens with zero attached hydrogens (tertiary/aromatic N) is 2. The molecule has 1 saturated heterocycles. The van der Waals surface area contributed by atoms with Crippen LogP contribution in [0.3, 0.4) is 0 Å². The third-order valence-corrected chi connectivity index (χ3v) is 5.24. The summed E-state index contributed by atoms with van der Waals surface area (Å²) in [6.45, 7) is 2.03. The summed E-state index contributed by atoms with van der Waals surface area (Å²) in [5.74, 6) is 0.714. The van der Waals surface area contributed by atoms with Gasteiger partial charge in [-0.2, -0.15) is 0 Å². The van der Waals surface area contributed by atoms with Crippen molar-refractivity contribution in [3.63, 3.8) is 0 Å². The van der Waals surface area contributed by atoms with Crippen molar-refractivity contribution in [3.05, 3.63) is 23.9 Å². The van der Waals surface area contributed by atoms with Crippen LogP contribution in [0.5, 0.6) is 0 Å². The van der Waals surface area contributed by atoms with Gasteiger partial charge in [-0.1, -0.05) is 6.07 Å². The largest absolute Gasteiger partial charge is 0.309 e. The Labute approximate surface area is 119 Å². The number of amides is 1. The van der Waals surface area contributed by atoms with E-state index < -0.39 is 9.84 Å². The maximum absolute atomic E-state index is 12.0. The van der Waals surface area contributed by atoms with E-state index in [0.717, 1.165) is 5.56 Å². The molecule has 0 unspecified atom stereocenters. The van der Waals surface area contributed by atoms with Crippen molar-refractivity contribution in [2.45, 2.75) is 19.4 Å². The molecular weight excluding hydrogens is 278 g/mol. The maximum Gasteiger partial charge on any atom is 0.239 e. The molecule has 6 nitrogen and oxygen atoms in total. The zero-order valence-electron chi connectivity index (χ0n) is 11.7. The van der Waals surface area contributed by atoms with Crippen molar-refractivity contribution >= 4 is 21.6 Å². The lowest BCUT2D eigenvalue weighted by atomic mass is 10.2. The molecule has 1 fully saturated rings. The molecule has 0 aliphatic carbocycles. The van der Waals surface area contributed by atoms with Crippen LogP contribution in [0.25, 0.3) is 0 Å². The second-order valence-electron chi connectivity index (χ2n) is 5.19. The number of aromatic nitrogens is 1. The lowest BCUT2D eigenvalue weighted by molar-refractivity contribution is -0.117. The lowest BCUT2D eigenvalue weighted by Crippen LogP contribution is -2.38. The van der Waals surface area contributed by atoms with E-state index in [9.17, 15) is 13.2 Å². The molecule has 0 radical (unpaired) electrons. The van der Waals surface area contributed by atoms with E-state index in [4.69, 9.17) is 0 Å². The number of anilines is 1. The molecule has 0 spiro atoms. The first-order valence-corrected chi connectivity index (χ1v) is 8.32. The third-order valence-electron chi connectivity index (χ3n) is 3.49. The van der Waals surface area contributed by atoms with E-state index in [2.05, 4.69) is 10.3 Å². The second-order valence-corrected chi connectivity index (χ2v) is 7.42. The Morgan fingerprint density at radius 1 is 1.55 bits per heavy atom. The third kappa shape index (κ3) is 3.77. The van der Waals surface area contributed by atoms with Gasteiger partial charge in [-0.3, -0.25) is 9.69 Å².